The van der Waals surface area contributed by atoms with Crippen molar-refractivity contribution >= 4 is 32.7 Å². The number of carbonyl (C=O) groups excluding carboxylic acids is 1. The molecule has 9 heteroatoms. The summed E-state index contributed by atoms with van der Waals surface area (Å²) >= 11 is 0. The summed E-state index contributed by atoms with van der Waals surface area (Å²) in [6, 6.07) is 4.03. The van der Waals surface area contributed by atoms with E-state index < -0.39 is 21.8 Å². The van der Waals surface area contributed by atoms with Crippen molar-refractivity contribution in [1.29, 1.82) is 0 Å². The molecule has 124 valence electrons. The summed E-state index contributed by atoms with van der Waals surface area (Å²) in [4.78, 5) is 26.1. The van der Waals surface area contributed by atoms with Crippen LogP contribution in [-0.4, -0.2) is 42.5 Å². The van der Waals surface area contributed by atoms with E-state index in [-0.39, 0.29) is 5.91 Å². The van der Waals surface area contributed by atoms with E-state index in [0.717, 1.165) is 19.1 Å². The second kappa shape index (κ2) is 5.82. The maximum Gasteiger partial charge on any atom is 0.417 e. The highest BCUT2D eigenvalue weighted by atomic mass is 32.2. The number of hydrogen-bond acceptors (Lipinski definition) is 5. The number of nitrogens with zero attached hydrogens (tertiary/aromatic N) is 1. The van der Waals surface area contributed by atoms with Crippen LogP contribution in [0.1, 0.15) is 19.3 Å². The van der Waals surface area contributed by atoms with Gasteiger partial charge in [0.1, 0.15) is 6.04 Å². The Morgan fingerprint density at radius 2 is 2.17 bits per heavy atom. The topological polar surface area (TPSA) is 112 Å². The summed E-state index contributed by atoms with van der Waals surface area (Å²) in [6.45, 7) is 0.352. The molecule has 3 rings (SSSR count). The molecule has 1 aliphatic heterocycles. The van der Waals surface area contributed by atoms with E-state index in [1.807, 2.05) is 0 Å². The maximum atomic E-state index is 12.5. The maximum absolute atomic E-state index is 12.5. The Balaban J connectivity index is 1.82. The smallest absolute Gasteiger partial charge is 0.408 e. The van der Waals surface area contributed by atoms with Gasteiger partial charge in [0.2, 0.25) is 15.9 Å². The van der Waals surface area contributed by atoms with Gasteiger partial charge in [0, 0.05) is 12.2 Å². The Morgan fingerprint density at radius 1 is 1.39 bits per heavy atom. The Kier molecular flexibility index (Phi) is 3.99. The van der Waals surface area contributed by atoms with Crippen LogP contribution in [0, 0.1) is 0 Å². The van der Waals surface area contributed by atoms with Gasteiger partial charge in [-0.15, -0.1) is 0 Å². The fraction of sp³-hybridized carbons (Fsp3) is 0.429. The van der Waals surface area contributed by atoms with Crippen molar-refractivity contribution in [2.75, 3.05) is 18.1 Å². The minimum Gasteiger partial charge on any atom is -0.408 e. The van der Waals surface area contributed by atoms with Gasteiger partial charge in [-0.1, -0.05) is 6.42 Å². The van der Waals surface area contributed by atoms with E-state index in [9.17, 15) is 18.0 Å². The molecule has 2 aromatic rings. The molecule has 0 spiro atoms. The first kappa shape index (κ1) is 15.8. The third-order valence-electron chi connectivity index (χ3n) is 3.87. The number of carbonyl (C=O) groups is 1. The van der Waals surface area contributed by atoms with E-state index in [0.29, 0.717) is 29.8 Å². The van der Waals surface area contributed by atoms with Crippen LogP contribution in [0.2, 0.25) is 0 Å². The van der Waals surface area contributed by atoms with Crippen LogP contribution in [0.15, 0.2) is 27.4 Å². The van der Waals surface area contributed by atoms with Crippen molar-refractivity contribution in [3.8, 4) is 0 Å². The fourth-order valence-electron chi connectivity index (χ4n) is 2.82. The second-order valence-corrected chi connectivity index (χ2v) is 7.54. The number of rotatable bonds is 3. The van der Waals surface area contributed by atoms with Gasteiger partial charge in [-0.05, 0) is 31.0 Å². The summed E-state index contributed by atoms with van der Waals surface area (Å²) in [5, 5.41) is 2.71. The summed E-state index contributed by atoms with van der Waals surface area (Å²) in [5.74, 6) is -0.945. The third-order valence-corrected chi connectivity index (χ3v) is 5.16. The summed E-state index contributed by atoms with van der Waals surface area (Å²) in [6.07, 6.45) is 3.15. The minimum absolute atomic E-state index is 0.352. The molecule has 1 saturated heterocycles. The van der Waals surface area contributed by atoms with Crippen LogP contribution in [0.4, 0.5) is 5.69 Å². The molecule has 1 unspecified atom stereocenters. The quantitative estimate of drug-likeness (QED) is 0.862. The number of oxazole rings is 1. The van der Waals surface area contributed by atoms with E-state index in [4.69, 9.17) is 4.42 Å². The number of fused-ring (bicyclic) bond motifs is 1. The lowest BCUT2D eigenvalue weighted by Gasteiger charge is -2.32. The first-order valence-electron chi connectivity index (χ1n) is 7.25. The zero-order valence-electron chi connectivity index (χ0n) is 12.5. The number of hydrogen-bond donors (Lipinski definition) is 2. The van der Waals surface area contributed by atoms with Crippen molar-refractivity contribution in [3.05, 3.63) is 28.7 Å². The Bertz CT molecular complexity index is 899. The Hall–Kier alpha value is -2.13. The number of piperidine rings is 1. The number of sulfonamides is 1. The van der Waals surface area contributed by atoms with Crippen LogP contribution >= 0.6 is 0 Å². The first-order chi connectivity index (χ1) is 10.8. The van der Waals surface area contributed by atoms with E-state index >= 15 is 0 Å². The van der Waals surface area contributed by atoms with Gasteiger partial charge in [-0.3, -0.25) is 9.78 Å². The molecule has 0 aliphatic carbocycles. The van der Waals surface area contributed by atoms with Gasteiger partial charge in [-0.2, -0.15) is 4.31 Å². The largest absolute Gasteiger partial charge is 0.417 e. The van der Waals surface area contributed by atoms with Crippen LogP contribution in [0.5, 0.6) is 0 Å². The molecule has 2 heterocycles. The van der Waals surface area contributed by atoms with Gasteiger partial charge in [-0.25, -0.2) is 13.2 Å². The van der Waals surface area contributed by atoms with Crippen molar-refractivity contribution < 1.29 is 17.6 Å². The normalized spacial score (nSPS) is 19.8. The highest BCUT2D eigenvalue weighted by molar-refractivity contribution is 7.88. The lowest BCUT2D eigenvalue weighted by Crippen LogP contribution is -2.49. The molecule has 8 nitrogen and oxygen atoms in total. The number of amides is 1. The molecule has 0 radical (unpaired) electrons. The lowest BCUT2D eigenvalue weighted by molar-refractivity contribution is -0.120. The Labute approximate surface area is 132 Å². The van der Waals surface area contributed by atoms with Crippen LogP contribution in [-0.2, 0) is 14.8 Å². The molecule has 2 N–H and O–H groups in total. The van der Waals surface area contributed by atoms with E-state index in [2.05, 4.69) is 10.3 Å². The van der Waals surface area contributed by atoms with E-state index in [1.165, 1.54) is 4.31 Å². The predicted molar refractivity (Wildman–Crippen MR) is 84.7 cm³/mol. The van der Waals surface area contributed by atoms with Crippen molar-refractivity contribution in [3.63, 3.8) is 0 Å². The molecule has 0 bridgehead atoms. The molecular formula is C14H17N3O5S. The number of aromatic amines is 1. The number of nitrogens with one attached hydrogen (secondary N) is 2. The van der Waals surface area contributed by atoms with Crippen molar-refractivity contribution in [1.82, 2.24) is 9.29 Å². The van der Waals surface area contributed by atoms with Crippen LogP contribution in [0.25, 0.3) is 11.1 Å². The lowest BCUT2D eigenvalue weighted by atomic mass is 10.0. The molecule has 1 atom stereocenters. The second-order valence-electron chi connectivity index (χ2n) is 5.60. The molecule has 1 fully saturated rings. The fourth-order valence-corrected chi connectivity index (χ4v) is 3.94. The number of benzene rings is 1. The van der Waals surface area contributed by atoms with Crippen molar-refractivity contribution in [2.45, 2.75) is 25.3 Å². The third kappa shape index (κ3) is 3.30. The zero-order chi connectivity index (χ0) is 16.6. The van der Waals surface area contributed by atoms with Crippen LogP contribution in [0.3, 0.4) is 0 Å². The summed E-state index contributed by atoms with van der Waals surface area (Å²) < 4.78 is 29.8. The summed E-state index contributed by atoms with van der Waals surface area (Å²) in [7, 11) is -3.43. The van der Waals surface area contributed by atoms with Gasteiger partial charge in [0.25, 0.3) is 0 Å². The van der Waals surface area contributed by atoms with Crippen molar-refractivity contribution in [2.24, 2.45) is 0 Å². The number of aromatic nitrogens is 1. The molecule has 0 saturated carbocycles. The van der Waals surface area contributed by atoms with Gasteiger partial charge in [0.05, 0.1) is 11.8 Å². The van der Waals surface area contributed by atoms with E-state index in [1.54, 1.807) is 18.2 Å². The number of H-pyrrole nitrogens is 1. The first-order valence-corrected chi connectivity index (χ1v) is 9.10. The average Bonchev–Trinajstić information content (AvgIpc) is 2.85. The minimum atomic E-state index is -3.43. The standard InChI is InChI=1S/C14H17N3O5S/c1-23(20,21)17-7-3-2-4-11(17)13(18)15-9-5-6-12-10(8-9)16-14(19)22-12/h5-6,8,11H,2-4,7H2,1H3,(H,15,18)(H,16,19). The van der Waals surface area contributed by atoms with Gasteiger partial charge in [0.15, 0.2) is 5.58 Å². The highest BCUT2D eigenvalue weighted by Gasteiger charge is 2.34. The van der Waals surface area contributed by atoms with Crippen LogP contribution < -0.4 is 11.1 Å². The zero-order valence-corrected chi connectivity index (χ0v) is 13.4. The molecule has 1 aliphatic rings. The Morgan fingerprint density at radius 3 is 2.91 bits per heavy atom. The SMILES string of the molecule is CS(=O)(=O)N1CCCCC1C(=O)Nc1ccc2oc(=O)[nH]c2c1. The molecule has 1 aromatic heterocycles. The monoisotopic (exact) mass is 339 g/mol. The average molecular weight is 339 g/mol. The molecule has 1 amide bonds. The molecule has 1 aromatic carbocycles. The number of anilines is 1. The predicted octanol–water partition coefficient (Wildman–Crippen LogP) is 0.874. The van der Waals surface area contributed by atoms with Gasteiger partial charge < -0.3 is 9.73 Å². The summed E-state index contributed by atoms with van der Waals surface area (Å²) in [5.41, 5.74) is 1.33. The highest BCUT2D eigenvalue weighted by Crippen LogP contribution is 2.22. The molecular weight excluding hydrogens is 322 g/mol. The molecule has 23 heavy (non-hydrogen) atoms. The van der Waals surface area contributed by atoms with Gasteiger partial charge >= 0.3 is 5.76 Å².